The third kappa shape index (κ3) is 5.71. The first-order valence-electron chi connectivity index (χ1n) is 5.25. The van der Waals surface area contributed by atoms with Crippen molar-refractivity contribution in [2.75, 3.05) is 33.7 Å². The summed E-state index contributed by atoms with van der Waals surface area (Å²) in [5.74, 6) is -0.939. The lowest BCUT2D eigenvalue weighted by Gasteiger charge is -2.30. The van der Waals surface area contributed by atoms with Gasteiger partial charge in [-0.25, -0.2) is 0 Å². The second kappa shape index (κ2) is 6.76. The van der Waals surface area contributed by atoms with E-state index < -0.39 is 12.0 Å². The molecule has 5 heteroatoms. The van der Waals surface area contributed by atoms with Crippen LogP contribution in [0.4, 0.5) is 0 Å². The zero-order chi connectivity index (χ0) is 12.0. The van der Waals surface area contributed by atoms with Crippen LogP contribution in [0.5, 0.6) is 0 Å². The molecular weight excluding hydrogens is 194 g/mol. The number of likely N-dealkylation sites (N-methyl/N-ethyl adjacent to an activating group) is 2. The maximum absolute atomic E-state index is 10.6. The predicted molar refractivity (Wildman–Crippen MR) is 60.9 cm³/mol. The third-order valence-electron chi connectivity index (χ3n) is 2.41. The van der Waals surface area contributed by atoms with Gasteiger partial charge in [-0.2, -0.15) is 0 Å². The Morgan fingerprint density at radius 3 is 2.27 bits per heavy atom. The maximum Gasteiger partial charge on any atom is 0.321 e. The molecule has 90 valence electrons. The average molecular weight is 217 g/mol. The van der Waals surface area contributed by atoms with Crippen molar-refractivity contribution >= 4 is 5.97 Å². The molecule has 0 aromatic rings. The van der Waals surface area contributed by atoms with Gasteiger partial charge in [0.15, 0.2) is 0 Å². The Morgan fingerprint density at radius 2 is 1.93 bits per heavy atom. The fourth-order valence-electron chi connectivity index (χ4n) is 1.60. The van der Waals surface area contributed by atoms with Gasteiger partial charge in [-0.05, 0) is 27.6 Å². The summed E-state index contributed by atoms with van der Waals surface area (Å²) in [5.41, 5.74) is 5.51. The van der Waals surface area contributed by atoms with Crippen molar-refractivity contribution in [3.63, 3.8) is 0 Å². The first-order chi connectivity index (χ1) is 6.88. The SMILES string of the molecule is CCN(CC(N)C(=O)O)C(C)CN(C)C. The fourth-order valence-corrected chi connectivity index (χ4v) is 1.60. The van der Waals surface area contributed by atoms with Crippen LogP contribution < -0.4 is 5.73 Å². The molecule has 0 saturated heterocycles. The smallest absolute Gasteiger partial charge is 0.321 e. The Bertz CT molecular complexity index is 197. The lowest BCUT2D eigenvalue weighted by Crippen LogP contribution is -2.48. The maximum atomic E-state index is 10.6. The molecule has 0 heterocycles. The second-order valence-corrected chi connectivity index (χ2v) is 4.14. The highest BCUT2D eigenvalue weighted by Crippen LogP contribution is 2.01. The minimum Gasteiger partial charge on any atom is -0.480 e. The number of carboxylic acid groups (broad SMARTS) is 1. The highest BCUT2D eigenvalue weighted by atomic mass is 16.4. The Morgan fingerprint density at radius 1 is 1.40 bits per heavy atom. The Hall–Kier alpha value is -0.650. The molecule has 15 heavy (non-hydrogen) atoms. The lowest BCUT2D eigenvalue weighted by atomic mass is 10.2. The highest BCUT2D eigenvalue weighted by Gasteiger charge is 2.19. The lowest BCUT2D eigenvalue weighted by molar-refractivity contribution is -0.139. The molecule has 0 fully saturated rings. The van der Waals surface area contributed by atoms with Gasteiger partial charge in [-0.1, -0.05) is 6.92 Å². The summed E-state index contributed by atoms with van der Waals surface area (Å²) >= 11 is 0. The van der Waals surface area contributed by atoms with Crippen LogP contribution in [0.25, 0.3) is 0 Å². The molecule has 0 aliphatic rings. The number of hydrogen-bond acceptors (Lipinski definition) is 4. The highest BCUT2D eigenvalue weighted by molar-refractivity contribution is 5.73. The van der Waals surface area contributed by atoms with E-state index in [1.54, 1.807) is 0 Å². The fraction of sp³-hybridized carbons (Fsp3) is 0.900. The molecule has 2 atom stereocenters. The van der Waals surface area contributed by atoms with E-state index in [4.69, 9.17) is 10.8 Å². The normalized spacial score (nSPS) is 15.7. The minimum atomic E-state index is -0.939. The van der Waals surface area contributed by atoms with Crippen LogP contribution in [0.3, 0.4) is 0 Å². The van der Waals surface area contributed by atoms with Crippen LogP contribution >= 0.6 is 0 Å². The average Bonchev–Trinajstić information content (AvgIpc) is 2.11. The summed E-state index contributed by atoms with van der Waals surface area (Å²) in [7, 11) is 4.00. The standard InChI is InChI=1S/C10H23N3O2/c1-5-13(7-9(11)10(14)15)8(2)6-12(3)4/h8-9H,5-7,11H2,1-4H3,(H,14,15). The van der Waals surface area contributed by atoms with Crippen molar-refractivity contribution in [3.05, 3.63) is 0 Å². The minimum absolute atomic E-state index is 0.315. The van der Waals surface area contributed by atoms with Gasteiger partial charge in [0, 0.05) is 19.1 Å². The molecule has 0 amide bonds. The topological polar surface area (TPSA) is 69.8 Å². The number of carboxylic acids is 1. The monoisotopic (exact) mass is 217 g/mol. The van der Waals surface area contributed by atoms with E-state index in [-0.39, 0.29) is 0 Å². The number of nitrogens with zero attached hydrogens (tertiary/aromatic N) is 2. The summed E-state index contributed by atoms with van der Waals surface area (Å²) in [4.78, 5) is 14.8. The molecule has 0 rings (SSSR count). The van der Waals surface area contributed by atoms with Crippen LogP contribution in [0.15, 0.2) is 0 Å². The van der Waals surface area contributed by atoms with Crippen LogP contribution in [0.1, 0.15) is 13.8 Å². The number of rotatable bonds is 7. The summed E-state index contributed by atoms with van der Waals surface area (Å²) < 4.78 is 0. The van der Waals surface area contributed by atoms with E-state index >= 15 is 0 Å². The van der Waals surface area contributed by atoms with Crippen molar-refractivity contribution < 1.29 is 9.90 Å². The van der Waals surface area contributed by atoms with E-state index in [0.29, 0.717) is 12.6 Å². The molecule has 0 aromatic carbocycles. The number of nitrogens with two attached hydrogens (primary N) is 1. The number of aliphatic carboxylic acids is 1. The Kier molecular flexibility index (Phi) is 6.47. The number of hydrogen-bond donors (Lipinski definition) is 2. The van der Waals surface area contributed by atoms with Crippen molar-refractivity contribution in [3.8, 4) is 0 Å². The van der Waals surface area contributed by atoms with Gasteiger partial charge < -0.3 is 15.7 Å². The van der Waals surface area contributed by atoms with Crippen molar-refractivity contribution in [1.82, 2.24) is 9.80 Å². The first kappa shape index (κ1) is 14.3. The van der Waals surface area contributed by atoms with Gasteiger partial charge in [0.05, 0.1) is 0 Å². The molecule has 3 N–H and O–H groups in total. The van der Waals surface area contributed by atoms with E-state index in [9.17, 15) is 4.79 Å². The first-order valence-corrected chi connectivity index (χ1v) is 5.25. The van der Waals surface area contributed by atoms with Gasteiger partial charge in [-0.3, -0.25) is 9.69 Å². The van der Waals surface area contributed by atoms with E-state index in [1.807, 2.05) is 21.0 Å². The van der Waals surface area contributed by atoms with Crippen molar-refractivity contribution in [2.45, 2.75) is 25.9 Å². The van der Waals surface area contributed by atoms with E-state index in [1.165, 1.54) is 0 Å². The summed E-state index contributed by atoms with van der Waals surface area (Å²) in [5, 5.41) is 8.73. The molecule has 0 spiro atoms. The Balaban J connectivity index is 4.17. The molecule has 0 radical (unpaired) electrons. The molecule has 0 aliphatic carbocycles. The molecule has 5 nitrogen and oxygen atoms in total. The van der Waals surface area contributed by atoms with Gasteiger partial charge in [-0.15, -0.1) is 0 Å². The van der Waals surface area contributed by atoms with Crippen LogP contribution in [0, 0.1) is 0 Å². The quantitative estimate of drug-likeness (QED) is 0.611. The third-order valence-corrected chi connectivity index (χ3v) is 2.41. The van der Waals surface area contributed by atoms with Crippen molar-refractivity contribution in [2.24, 2.45) is 5.73 Å². The van der Waals surface area contributed by atoms with Gasteiger partial charge in [0.25, 0.3) is 0 Å². The van der Waals surface area contributed by atoms with Crippen LogP contribution in [-0.2, 0) is 4.79 Å². The largest absolute Gasteiger partial charge is 0.480 e. The molecule has 2 unspecified atom stereocenters. The van der Waals surface area contributed by atoms with Gasteiger partial charge in [0.1, 0.15) is 6.04 Å². The zero-order valence-corrected chi connectivity index (χ0v) is 10.1. The molecule has 0 aliphatic heterocycles. The summed E-state index contributed by atoms with van der Waals surface area (Å²) in [6.45, 7) is 6.22. The molecule has 0 saturated carbocycles. The summed E-state index contributed by atoms with van der Waals surface area (Å²) in [6, 6.07) is -0.482. The molecule has 0 bridgehead atoms. The predicted octanol–water partition coefficient (Wildman–Crippen LogP) is -0.330. The Labute approximate surface area is 91.8 Å². The summed E-state index contributed by atoms with van der Waals surface area (Å²) in [6.07, 6.45) is 0. The van der Waals surface area contributed by atoms with E-state index in [0.717, 1.165) is 13.1 Å². The second-order valence-electron chi connectivity index (χ2n) is 4.14. The van der Waals surface area contributed by atoms with Crippen molar-refractivity contribution in [1.29, 1.82) is 0 Å². The molecular formula is C10H23N3O2. The van der Waals surface area contributed by atoms with Gasteiger partial charge in [0.2, 0.25) is 0 Å². The number of carbonyl (C=O) groups is 1. The zero-order valence-electron chi connectivity index (χ0n) is 10.1. The molecule has 0 aromatic heterocycles. The van der Waals surface area contributed by atoms with Gasteiger partial charge >= 0.3 is 5.97 Å². The van der Waals surface area contributed by atoms with Crippen LogP contribution in [0.2, 0.25) is 0 Å². The van der Waals surface area contributed by atoms with Crippen LogP contribution in [-0.4, -0.2) is 66.7 Å². The van der Waals surface area contributed by atoms with E-state index in [2.05, 4.69) is 16.7 Å².